The number of amides is 1. The van der Waals surface area contributed by atoms with E-state index in [0.29, 0.717) is 0 Å². The maximum absolute atomic E-state index is 13.4. The van der Waals surface area contributed by atoms with Gasteiger partial charge in [0, 0.05) is 25.2 Å². The fourth-order valence-electron chi connectivity index (χ4n) is 8.48. The van der Waals surface area contributed by atoms with E-state index in [2.05, 4.69) is 10.6 Å². The van der Waals surface area contributed by atoms with Gasteiger partial charge in [-0.05, 0) is 93.9 Å². The number of rotatable bonds is 17. The molecule has 5 fully saturated rings. The minimum atomic E-state index is -1.55. The second-order valence-corrected chi connectivity index (χ2v) is 13.5. The molecule has 1 unspecified atom stereocenters. The summed E-state index contributed by atoms with van der Waals surface area (Å²) in [6.07, 6.45) is 1.95. The number of hydrogen-bond acceptors (Lipinski definition) is 10. The van der Waals surface area contributed by atoms with E-state index in [0.717, 1.165) is 43.4 Å². The summed E-state index contributed by atoms with van der Waals surface area (Å²) in [5.41, 5.74) is 0.157. The van der Waals surface area contributed by atoms with Gasteiger partial charge in [0.25, 0.3) is 0 Å². The van der Waals surface area contributed by atoms with Crippen molar-refractivity contribution >= 4 is 23.6 Å². The van der Waals surface area contributed by atoms with Crippen molar-refractivity contribution in [3.05, 3.63) is 0 Å². The molecule has 1 saturated heterocycles. The smallest absolute Gasteiger partial charge is 0.303 e. The standard InChI is InChI=1S/C30H48N2O11/c33-15-22-26(39)27(40)25(29(42)43-22)31-8-6-19(1-3-23(35)36)28(41)32-20(2-4-24(37)38)21(34)5-7-30-12-16-9-17(13-30)11-18(10-16)14-30/h16-20,22,25-27,29,31,33,39-40,42H,1-15H2,(H,32,41)(H,35,36)(H,37,38)/t16?,17?,18?,19-,20+,22-,25-,26+,27-,29?,30?/m1/s1. The van der Waals surface area contributed by atoms with Gasteiger partial charge >= 0.3 is 11.9 Å². The van der Waals surface area contributed by atoms with Gasteiger partial charge in [0.15, 0.2) is 12.1 Å². The molecule has 0 aromatic heterocycles. The van der Waals surface area contributed by atoms with E-state index in [1.165, 1.54) is 19.3 Å². The summed E-state index contributed by atoms with van der Waals surface area (Å²) in [4.78, 5) is 49.4. The van der Waals surface area contributed by atoms with Gasteiger partial charge in [0.1, 0.15) is 18.3 Å². The van der Waals surface area contributed by atoms with E-state index < -0.39 is 67.1 Å². The first-order valence-corrected chi connectivity index (χ1v) is 15.7. The van der Waals surface area contributed by atoms with Crippen LogP contribution in [0.15, 0.2) is 0 Å². The van der Waals surface area contributed by atoms with Crippen LogP contribution in [-0.4, -0.2) is 104 Å². The Hall–Kier alpha value is -2.16. The van der Waals surface area contributed by atoms with Crippen molar-refractivity contribution in [2.75, 3.05) is 13.2 Å². The molecule has 0 aromatic carbocycles. The molecule has 5 rings (SSSR count). The number of carboxylic acids is 2. The van der Waals surface area contributed by atoms with Crippen LogP contribution in [-0.2, 0) is 23.9 Å². The van der Waals surface area contributed by atoms with Crippen LogP contribution < -0.4 is 10.6 Å². The number of nitrogens with one attached hydrogen (secondary N) is 2. The SMILES string of the molecule is O=C(O)CC[C@H](CCN[C@H]1C(O)O[C@H](CO)[C@H](O)[C@@H]1O)C(=O)N[C@@H](CCC(=O)O)C(=O)CCC12CC3CC(CC(C3)C1)C2. The zero-order valence-electron chi connectivity index (χ0n) is 24.6. The summed E-state index contributed by atoms with van der Waals surface area (Å²) in [5, 5.41) is 64.0. The molecule has 1 heterocycles. The highest BCUT2D eigenvalue weighted by Gasteiger charge is 2.50. The zero-order chi connectivity index (χ0) is 31.3. The largest absolute Gasteiger partial charge is 0.481 e. The lowest BCUT2D eigenvalue weighted by atomic mass is 9.48. The number of aliphatic hydroxyl groups excluding tert-OH is 4. The van der Waals surface area contributed by atoms with Crippen molar-refractivity contribution in [1.82, 2.24) is 10.6 Å². The number of carbonyl (C=O) groups is 4. The molecule has 244 valence electrons. The summed E-state index contributed by atoms with van der Waals surface area (Å²) >= 11 is 0. The minimum Gasteiger partial charge on any atom is -0.481 e. The molecular weight excluding hydrogens is 564 g/mol. The van der Waals surface area contributed by atoms with E-state index in [4.69, 9.17) is 4.74 Å². The fourth-order valence-corrected chi connectivity index (χ4v) is 8.48. The van der Waals surface area contributed by atoms with Gasteiger partial charge in [-0.25, -0.2) is 0 Å². The lowest BCUT2D eigenvalue weighted by Gasteiger charge is -2.57. The predicted molar refractivity (Wildman–Crippen MR) is 150 cm³/mol. The first kappa shape index (κ1) is 33.7. The van der Waals surface area contributed by atoms with Crippen molar-refractivity contribution in [2.45, 2.75) is 120 Å². The second kappa shape index (κ2) is 14.7. The van der Waals surface area contributed by atoms with Crippen molar-refractivity contribution in [1.29, 1.82) is 0 Å². The number of carbonyl (C=O) groups excluding carboxylic acids is 2. The zero-order valence-corrected chi connectivity index (χ0v) is 24.6. The Balaban J connectivity index is 1.35. The molecule has 0 aromatic rings. The number of ether oxygens (including phenoxy) is 1. The summed E-state index contributed by atoms with van der Waals surface area (Å²) in [7, 11) is 0. The highest BCUT2D eigenvalue weighted by Crippen LogP contribution is 2.61. The van der Waals surface area contributed by atoms with Crippen molar-refractivity contribution in [3.63, 3.8) is 0 Å². The van der Waals surface area contributed by atoms with Gasteiger partial charge < -0.3 is 46.0 Å². The van der Waals surface area contributed by atoms with Crippen LogP contribution in [0.3, 0.4) is 0 Å². The number of carboxylic acid groups (broad SMARTS) is 2. The molecular formula is C30H48N2O11. The van der Waals surface area contributed by atoms with Gasteiger partial charge in [0.05, 0.1) is 18.7 Å². The Morgan fingerprint density at radius 2 is 1.40 bits per heavy atom. The van der Waals surface area contributed by atoms with E-state index in [1.54, 1.807) is 0 Å². The highest BCUT2D eigenvalue weighted by molar-refractivity contribution is 5.90. The van der Waals surface area contributed by atoms with Crippen molar-refractivity contribution in [3.8, 4) is 0 Å². The van der Waals surface area contributed by atoms with Crippen LogP contribution in [0.4, 0.5) is 0 Å². The van der Waals surface area contributed by atoms with E-state index in [-0.39, 0.29) is 56.3 Å². The predicted octanol–water partition coefficient (Wildman–Crippen LogP) is 0.162. The van der Waals surface area contributed by atoms with Gasteiger partial charge in [0.2, 0.25) is 5.91 Å². The quantitative estimate of drug-likeness (QED) is 0.110. The normalized spacial score (nSPS) is 36.2. The van der Waals surface area contributed by atoms with Crippen molar-refractivity contribution in [2.24, 2.45) is 29.1 Å². The van der Waals surface area contributed by atoms with Crippen LogP contribution in [0.2, 0.25) is 0 Å². The Morgan fingerprint density at radius 1 is 0.814 bits per heavy atom. The van der Waals surface area contributed by atoms with E-state index >= 15 is 0 Å². The summed E-state index contributed by atoms with van der Waals surface area (Å²) < 4.78 is 5.13. The van der Waals surface area contributed by atoms with Crippen LogP contribution >= 0.6 is 0 Å². The average molecular weight is 613 g/mol. The lowest BCUT2D eigenvalue weighted by molar-refractivity contribution is -0.254. The molecule has 5 aliphatic rings. The molecule has 13 heteroatoms. The Labute approximate surface area is 251 Å². The fraction of sp³-hybridized carbons (Fsp3) is 0.867. The maximum Gasteiger partial charge on any atom is 0.303 e. The summed E-state index contributed by atoms with van der Waals surface area (Å²) in [6, 6.07) is -2.13. The maximum atomic E-state index is 13.4. The van der Waals surface area contributed by atoms with Crippen LogP contribution in [0.5, 0.6) is 0 Å². The van der Waals surface area contributed by atoms with Crippen LogP contribution in [0.1, 0.15) is 83.5 Å². The molecule has 8 N–H and O–H groups in total. The van der Waals surface area contributed by atoms with Crippen molar-refractivity contribution < 1.29 is 54.6 Å². The lowest BCUT2D eigenvalue weighted by Crippen LogP contribution is -2.63. The molecule has 4 aliphatic carbocycles. The van der Waals surface area contributed by atoms with E-state index in [9.17, 15) is 49.8 Å². The van der Waals surface area contributed by atoms with Gasteiger partial charge in [-0.2, -0.15) is 0 Å². The molecule has 43 heavy (non-hydrogen) atoms. The monoisotopic (exact) mass is 612 g/mol. The Bertz CT molecular complexity index is 971. The number of ketones is 1. The van der Waals surface area contributed by atoms with Gasteiger partial charge in [-0.15, -0.1) is 0 Å². The topological polar surface area (TPSA) is 223 Å². The molecule has 7 atom stereocenters. The number of hydrogen-bond donors (Lipinski definition) is 8. The number of aliphatic carboxylic acids is 2. The van der Waals surface area contributed by atoms with Crippen LogP contribution in [0.25, 0.3) is 0 Å². The molecule has 0 radical (unpaired) electrons. The molecule has 13 nitrogen and oxygen atoms in total. The molecule has 1 amide bonds. The minimum absolute atomic E-state index is 0.0239. The first-order valence-electron chi connectivity index (χ1n) is 15.7. The van der Waals surface area contributed by atoms with Gasteiger partial charge in [-0.1, -0.05) is 0 Å². The highest BCUT2D eigenvalue weighted by atomic mass is 16.6. The average Bonchev–Trinajstić information content (AvgIpc) is 2.94. The third-order valence-electron chi connectivity index (χ3n) is 10.3. The third kappa shape index (κ3) is 8.73. The van der Waals surface area contributed by atoms with Gasteiger partial charge in [-0.3, -0.25) is 19.2 Å². The Kier molecular flexibility index (Phi) is 11.6. The third-order valence-corrected chi connectivity index (χ3v) is 10.3. The second-order valence-electron chi connectivity index (χ2n) is 13.5. The van der Waals surface area contributed by atoms with Crippen LogP contribution in [0, 0.1) is 29.1 Å². The molecule has 4 saturated carbocycles. The summed E-state index contributed by atoms with van der Waals surface area (Å²) in [5.74, 6) is -1.64. The number of Topliss-reactive ketones (excluding diaryl/α,β-unsaturated/α-hetero) is 1. The molecule has 0 spiro atoms. The first-order chi connectivity index (χ1) is 20.4. The molecule has 1 aliphatic heterocycles. The Morgan fingerprint density at radius 3 is 1.95 bits per heavy atom. The number of aliphatic hydroxyl groups is 4. The summed E-state index contributed by atoms with van der Waals surface area (Å²) in [6.45, 7) is -0.583. The molecule has 4 bridgehead atoms. The van der Waals surface area contributed by atoms with E-state index in [1.807, 2.05) is 0 Å².